The fourth-order valence-corrected chi connectivity index (χ4v) is 2.00. The molecule has 0 bridgehead atoms. The zero-order chi connectivity index (χ0) is 13.8. The van der Waals surface area contributed by atoms with Crippen LogP contribution in [-0.2, 0) is 0 Å². The Labute approximate surface area is 111 Å². The molecule has 4 heteroatoms. The molecule has 0 aliphatic heterocycles. The molecule has 2 aromatic rings. The number of hydrogen-bond acceptors (Lipinski definition) is 3. The molecule has 0 fully saturated rings. The molecule has 3 nitrogen and oxygen atoms in total. The molecule has 2 rings (SSSR count). The molecule has 0 saturated carbocycles. The highest BCUT2D eigenvalue weighted by Gasteiger charge is 2.19. The molecule has 0 aliphatic carbocycles. The van der Waals surface area contributed by atoms with E-state index in [9.17, 15) is 9.50 Å². The summed E-state index contributed by atoms with van der Waals surface area (Å²) in [6, 6.07) is 8.11. The fourth-order valence-electron chi connectivity index (χ4n) is 2.00. The van der Waals surface area contributed by atoms with Crippen LogP contribution in [0.25, 0.3) is 0 Å². The number of halogens is 1. The van der Waals surface area contributed by atoms with E-state index in [1.54, 1.807) is 18.5 Å². The van der Waals surface area contributed by atoms with Crippen molar-refractivity contribution in [3.05, 3.63) is 59.7 Å². The number of aliphatic hydroxyl groups is 1. The van der Waals surface area contributed by atoms with Gasteiger partial charge in [0.1, 0.15) is 0 Å². The zero-order valence-electron chi connectivity index (χ0n) is 10.9. The predicted molar refractivity (Wildman–Crippen MR) is 70.6 cm³/mol. The quantitative estimate of drug-likeness (QED) is 0.919. The minimum Gasteiger partial charge on any atom is -0.494 e. The first-order valence-corrected chi connectivity index (χ1v) is 6.05. The van der Waals surface area contributed by atoms with Crippen LogP contribution in [0.1, 0.15) is 30.1 Å². The predicted octanol–water partition coefficient (Wildman–Crippen LogP) is 3.07. The number of nitrogens with zero attached hydrogens (tertiary/aromatic N) is 1. The molecule has 1 heterocycles. The van der Waals surface area contributed by atoms with Crippen molar-refractivity contribution in [1.82, 2.24) is 4.98 Å². The molecule has 1 aromatic carbocycles. The van der Waals surface area contributed by atoms with Crippen molar-refractivity contribution >= 4 is 0 Å². The third kappa shape index (κ3) is 2.90. The van der Waals surface area contributed by atoms with Gasteiger partial charge in [-0.25, -0.2) is 4.39 Å². The van der Waals surface area contributed by atoms with E-state index in [1.807, 2.05) is 19.1 Å². The van der Waals surface area contributed by atoms with Crippen LogP contribution in [-0.4, -0.2) is 17.2 Å². The lowest BCUT2D eigenvalue weighted by Crippen LogP contribution is -2.08. The first-order chi connectivity index (χ1) is 9.13. The van der Waals surface area contributed by atoms with Crippen molar-refractivity contribution in [2.45, 2.75) is 18.9 Å². The molecule has 100 valence electrons. The second-order valence-corrected chi connectivity index (χ2v) is 4.41. The highest BCUT2D eigenvalue weighted by Crippen LogP contribution is 2.32. The Morgan fingerprint density at radius 1 is 1.16 bits per heavy atom. The molecule has 19 heavy (non-hydrogen) atoms. The zero-order valence-corrected chi connectivity index (χ0v) is 10.9. The Morgan fingerprint density at radius 2 is 1.84 bits per heavy atom. The van der Waals surface area contributed by atoms with Crippen LogP contribution in [0.15, 0.2) is 42.7 Å². The van der Waals surface area contributed by atoms with Gasteiger partial charge in [0.25, 0.3) is 0 Å². The lowest BCUT2D eigenvalue weighted by Gasteiger charge is -2.20. The molecule has 1 aromatic heterocycles. The smallest absolute Gasteiger partial charge is 0.165 e. The van der Waals surface area contributed by atoms with Crippen LogP contribution in [0.2, 0.25) is 0 Å². The maximum absolute atomic E-state index is 13.3. The third-order valence-corrected chi connectivity index (χ3v) is 3.22. The van der Waals surface area contributed by atoms with E-state index >= 15 is 0 Å². The minimum absolute atomic E-state index is 0.113. The van der Waals surface area contributed by atoms with Crippen molar-refractivity contribution < 1.29 is 14.2 Å². The van der Waals surface area contributed by atoms with Gasteiger partial charge in [-0.1, -0.05) is 13.0 Å². The maximum atomic E-state index is 13.3. The number of rotatable bonds is 4. The summed E-state index contributed by atoms with van der Waals surface area (Å²) in [7, 11) is 1.40. The number of aliphatic hydroxyl groups excluding tert-OH is 1. The molecular weight excluding hydrogens is 245 g/mol. The van der Waals surface area contributed by atoms with Gasteiger partial charge in [0.05, 0.1) is 13.2 Å². The minimum atomic E-state index is -0.725. The molecule has 0 radical (unpaired) electrons. The summed E-state index contributed by atoms with van der Waals surface area (Å²) < 4.78 is 18.3. The van der Waals surface area contributed by atoms with Crippen LogP contribution < -0.4 is 4.74 Å². The maximum Gasteiger partial charge on any atom is 0.165 e. The fraction of sp³-hybridized carbons (Fsp3) is 0.267. The summed E-state index contributed by atoms with van der Waals surface area (Å²) in [5.74, 6) is -0.411. The second-order valence-electron chi connectivity index (χ2n) is 4.41. The van der Waals surface area contributed by atoms with Gasteiger partial charge in [0.15, 0.2) is 11.6 Å². The van der Waals surface area contributed by atoms with E-state index < -0.39 is 11.9 Å². The standard InChI is InChI=1S/C15H16FNO2/c1-10(11-5-7-17-8-6-11)15(18)12-3-4-13(16)14(9-12)19-2/h3-10,15,18H,1-2H3. The Morgan fingerprint density at radius 3 is 2.47 bits per heavy atom. The van der Waals surface area contributed by atoms with Gasteiger partial charge >= 0.3 is 0 Å². The van der Waals surface area contributed by atoms with Gasteiger partial charge in [-0.05, 0) is 35.4 Å². The van der Waals surface area contributed by atoms with Crippen LogP contribution in [0.5, 0.6) is 5.75 Å². The Hall–Kier alpha value is -1.94. The van der Waals surface area contributed by atoms with Crippen molar-refractivity contribution in [1.29, 1.82) is 0 Å². The number of hydrogen-bond donors (Lipinski definition) is 1. The normalized spacial score (nSPS) is 13.9. The van der Waals surface area contributed by atoms with Crippen molar-refractivity contribution in [2.24, 2.45) is 0 Å². The Balaban J connectivity index is 2.26. The molecule has 0 aliphatic rings. The molecule has 1 N–H and O–H groups in total. The van der Waals surface area contributed by atoms with Gasteiger partial charge in [-0.3, -0.25) is 4.98 Å². The first kappa shape index (κ1) is 13.5. The number of methoxy groups -OCH3 is 1. The monoisotopic (exact) mass is 261 g/mol. The SMILES string of the molecule is COc1cc(C(O)C(C)c2ccncc2)ccc1F. The van der Waals surface area contributed by atoms with Crippen LogP contribution >= 0.6 is 0 Å². The van der Waals surface area contributed by atoms with Gasteiger partial charge < -0.3 is 9.84 Å². The second kappa shape index (κ2) is 5.80. The van der Waals surface area contributed by atoms with E-state index in [-0.39, 0.29) is 11.7 Å². The average molecular weight is 261 g/mol. The van der Waals surface area contributed by atoms with Crippen LogP contribution in [0, 0.1) is 5.82 Å². The highest BCUT2D eigenvalue weighted by atomic mass is 19.1. The van der Waals surface area contributed by atoms with Gasteiger partial charge in [-0.15, -0.1) is 0 Å². The van der Waals surface area contributed by atoms with E-state index in [0.29, 0.717) is 5.56 Å². The first-order valence-electron chi connectivity index (χ1n) is 6.05. The number of benzene rings is 1. The lowest BCUT2D eigenvalue weighted by atomic mass is 9.91. The van der Waals surface area contributed by atoms with Crippen molar-refractivity contribution in [3.63, 3.8) is 0 Å². The van der Waals surface area contributed by atoms with Gasteiger partial charge in [0, 0.05) is 18.3 Å². The summed E-state index contributed by atoms with van der Waals surface area (Å²) in [5, 5.41) is 10.4. The number of pyridine rings is 1. The van der Waals surface area contributed by atoms with Crippen LogP contribution in [0.4, 0.5) is 4.39 Å². The topological polar surface area (TPSA) is 42.4 Å². The molecule has 0 spiro atoms. The lowest BCUT2D eigenvalue weighted by molar-refractivity contribution is 0.151. The summed E-state index contributed by atoms with van der Waals surface area (Å²) in [5.41, 5.74) is 1.60. The summed E-state index contributed by atoms with van der Waals surface area (Å²) in [4.78, 5) is 3.95. The highest BCUT2D eigenvalue weighted by molar-refractivity contribution is 5.33. The Bertz CT molecular complexity index is 545. The van der Waals surface area contributed by atoms with Crippen LogP contribution in [0.3, 0.4) is 0 Å². The summed E-state index contributed by atoms with van der Waals surface area (Å²) in [6.07, 6.45) is 2.64. The van der Waals surface area contributed by atoms with Crippen molar-refractivity contribution in [3.8, 4) is 5.75 Å². The van der Waals surface area contributed by atoms with E-state index in [1.165, 1.54) is 19.2 Å². The Kier molecular flexibility index (Phi) is 4.12. The average Bonchev–Trinajstić information content (AvgIpc) is 2.47. The van der Waals surface area contributed by atoms with E-state index in [4.69, 9.17) is 4.74 Å². The number of aromatic nitrogens is 1. The molecular formula is C15H16FNO2. The van der Waals surface area contributed by atoms with Gasteiger partial charge in [-0.2, -0.15) is 0 Å². The van der Waals surface area contributed by atoms with Crippen molar-refractivity contribution in [2.75, 3.05) is 7.11 Å². The summed E-state index contributed by atoms with van der Waals surface area (Å²) in [6.45, 7) is 1.91. The largest absolute Gasteiger partial charge is 0.494 e. The number of ether oxygens (including phenoxy) is 1. The van der Waals surface area contributed by atoms with Gasteiger partial charge in [0.2, 0.25) is 0 Å². The summed E-state index contributed by atoms with van der Waals surface area (Å²) >= 11 is 0. The molecule has 0 saturated heterocycles. The van der Waals surface area contributed by atoms with E-state index in [0.717, 1.165) is 5.56 Å². The molecule has 2 unspecified atom stereocenters. The molecule has 0 amide bonds. The van der Waals surface area contributed by atoms with E-state index in [2.05, 4.69) is 4.98 Å². The molecule has 2 atom stereocenters. The third-order valence-electron chi connectivity index (χ3n) is 3.22.